The van der Waals surface area contributed by atoms with Crippen LogP contribution in [0.4, 0.5) is 0 Å². The van der Waals surface area contributed by atoms with Gasteiger partial charge in [-0.25, -0.2) is 9.59 Å². The number of methoxy groups -OCH3 is 1. The van der Waals surface area contributed by atoms with Crippen LogP contribution in [-0.2, 0) is 19.2 Å². The molecule has 0 aromatic heterocycles. The van der Waals surface area contributed by atoms with Gasteiger partial charge in [-0.05, 0) is 6.92 Å². The molecule has 0 fully saturated rings. The molecule has 0 aromatic carbocycles. The number of hydrogen-bond acceptors (Lipinski definition) is 5. The topological polar surface area (TPSA) is 65.0 Å². The van der Waals surface area contributed by atoms with Crippen molar-refractivity contribution in [1.82, 2.24) is 0 Å². The monoisotopic (exact) mass is 237 g/mol. The van der Waals surface area contributed by atoms with E-state index in [0.29, 0.717) is 0 Å². The zero-order valence-electron chi connectivity index (χ0n) is 6.67. The molecule has 68 valence electrons. The Bertz CT molecular complexity index is 214. The lowest BCUT2D eigenvalue weighted by molar-refractivity contribution is -0.140. The van der Waals surface area contributed by atoms with Gasteiger partial charge < -0.3 is 9.57 Å². The first-order chi connectivity index (χ1) is 5.61. The Morgan fingerprint density at radius 3 is 2.50 bits per heavy atom. The summed E-state index contributed by atoms with van der Waals surface area (Å²) < 4.78 is 4.31. The summed E-state index contributed by atoms with van der Waals surface area (Å²) in [5.74, 6) is -1.20. The molecule has 5 nitrogen and oxygen atoms in total. The first-order valence-electron chi connectivity index (χ1n) is 3.00. The second-order valence-electron chi connectivity index (χ2n) is 1.77. The van der Waals surface area contributed by atoms with E-state index in [9.17, 15) is 9.59 Å². The predicted octanol–water partition coefficient (Wildman–Crippen LogP) is 0.473. The average molecular weight is 238 g/mol. The van der Waals surface area contributed by atoms with Crippen molar-refractivity contribution in [2.45, 2.75) is 6.92 Å². The zero-order chi connectivity index (χ0) is 9.56. The molecule has 0 aliphatic rings. The van der Waals surface area contributed by atoms with Gasteiger partial charge in [-0.1, -0.05) is 21.1 Å². The molecule has 0 saturated carbocycles. The molecule has 0 heterocycles. The van der Waals surface area contributed by atoms with Crippen LogP contribution in [0, 0.1) is 0 Å². The molecule has 0 amide bonds. The van der Waals surface area contributed by atoms with Crippen LogP contribution in [0.5, 0.6) is 0 Å². The number of ether oxygens (including phenoxy) is 1. The molecule has 0 saturated heterocycles. The highest BCUT2D eigenvalue weighted by atomic mass is 79.9. The Morgan fingerprint density at radius 1 is 1.50 bits per heavy atom. The third-order valence-corrected chi connectivity index (χ3v) is 1.33. The standard InChI is InChI=1S/C6H8BrNO4/c1-4(6(10)11-2)8-12-5(9)3-7/h3H2,1-2H3. The van der Waals surface area contributed by atoms with Gasteiger partial charge in [-0.2, -0.15) is 0 Å². The number of halogens is 1. The minimum absolute atomic E-state index is 0.00759. The molecule has 0 rings (SSSR count). The van der Waals surface area contributed by atoms with Crippen LogP contribution in [0.2, 0.25) is 0 Å². The number of carbonyl (C=O) groups is 2. The summed E-state index contributed by atoms with van der Waals surface area (Å²) >= 11 is 2.86. The summed E-state index contributed by atoms with van der Waals surface area (Å²) in [5, 5.41) is 3.26. The van der Waals surface area contributed by atoms with E-state index in [2.05, 4.69) is 30.7 Å². The number of esters is 1. The van der Waals surface area contributed by atoms with E-state index in [1.807, 2.05) is 0 Å². The summed E-state index contributed by atoms with van der Waals surface area (Å²) in [6.07, 6.45) is 0. The van der Waals surface area contributed by atoms with E-state index in [1.54, 1.807) is 0 Å². The van der Waals surface area contributed by atoms with Crippen molar-refractivity contribution in [2.24, 2.45) is 5.16 Å². The van der Waals surface area contributed by atoms with E-state index < -0.39 is 11.9 Å². The third-order valence-electron chi connectivity index (χ3n) is 0.874. The van der Waals surface area contributed by atoms with Gasteiger partial charge in [0.05, 0.1) is 7.11 Å². The molecule has 0 spiro atoms. The SMILES string of the molecule is COC(=O)C(C)=NOC(=O)CBr. The molecular formula is C6H8BrNO4. The minimum Gasteiger partial charge on any atom is -0.464 e. The highest BCUT2D eigenvalue weighted by molar-refractivity contribution is 9.09. The van der Waals surface area contributed by atoms with Gasteiger partial charge in [0, 0.05) is 0 Å². The summed E-state index contributed by atoms with van der Waals surface area (Å²) in [6, 6.07) is 0. The summed E-state index contributed by atoms with van der Waals surface area (Å²) in [5.41, 5.74) is -0.00759. The van der Waals surface area contributed by atoms with E-state index in [0.717, 1.165) is 0 Å². The second kappa shape index (κ2) is 5.70. The third kappa shape index (κ3) is 4.07. The van der Waals surface area contributed by atoms with Crippen LogP contribution < -0.4 is 0 Å². The lowest BCUT2D eigenvalue weighted by atomic mass is 10.4. The van der Waals surface area contributed by atoms with Gasteiger partial charge in [0.1, 0.15) is 5.33 Å². The van der Waals surface area contributed by atoms with E-state index >= 15 is 0 Å². The molecule has 0 bridgehead atoms. The Hall–Kier alpha value is -0.910. The van der Waals surface area contributed by atoms with Crippen molar-refractivity contribution in [3.63, 3.8) is 0 Å². The van der Waals surface area contributed by atoms with Crippen molar-refractivity contribution >= 4 is 33.6 Å². The molecule has 6 heteroatoms. The quantitative estimate of drug-likeness (QED) is 0.236. The fraction of sp³-hybridized carbons (Fsp3) is 0.500. The van der Waals surface area contributed by atoms with Crippen LogP contribution >= 0.6 is 15.9 Å². The molecule has 0 aliphatic carbocycles. The van der Waals surface area contributed by atoms with Crippen molar-refractivity contribution in [1.29, 1.82) is 0 Å². The van der Waals surface area contributed by atoms with E-state index in [1.165, 1.54) is 14.0 Å². The minimum atomic E-state index is -0.627. The summed E-state index contributed by atoms with van der Waals surface area (Å²) in [6.45, 7) is 1.38. The average Bonchev–Trinajstić information content (AvgIpc) is 2.11. The number of hydrogen-bond donors (Lipinski definition) is 0. The molecule has 0 aliphatic heterocycles. The van der Waals surface area contributed by atoms with Gasteiger partial charge in [-0.3, -0.25) is 0 Å². The Balaban J connectivity index is 4.00. The van der Waals surface area contributed by atoms with Crippen LogP contribution in [-0.4, -0.2) is 30.1 Å². The number of alkyl halides is 1. The first kappa shape index (κ1) is 11.1. The van der Waals surface area contributed by atoms with Crippen molar-refractivity contribution in [3.8, 4) is 0 Å². The van der Waals surface area contributed by atoms with Gasteiger partial charge in [0.25, 0.3) is 0 Å². The highest BCUT2D eigenvalue weighted by Crippen LogP contribution is 1.89. The van der Waals surface area contributed by atoms with Crippen molar-refractivity contribution in [3.05, 3.63) is 0 Å². The fourth-order valence-electron chi connectivity index (χ4n) is 0.329. The van der Waals surface area contributed by atoms with Gasteiger partial charge in [0.15, 0.2) is 5.71 Å². The fourth-order valence-corrected chi connectivity index (χ4v) is 0.431. The predicted molar refractivity (Wildman–Crippen MR) is 45.0 cm³/mol. The Morgan fingerprint density at radius 2 is 2.08 bits per heavy atom. The van der Waals surface area contributed by atoms with Gasteiger partial charge in [-0.15, -0.1) is 0 Å². The lowest BCUT2D eigenvalue weighted by Gasteiger charge is -1.96. The van der Waals surface area contributed by atoms with Crippen molar-refractivity contribution < 1.29 is 19.2 Å². The number of nitrogens with zero attached hydrogens (tertiary/aromatic N) is 1. The van der Waals surface area contributed by atoms with Crippen LogP contribution in [0.3, 0.4) is 0 Å². The molecule has 0 aromatic rings. The van der Waals surface area contributed by atoms with Crippen LogP contribution in [0.1, 0.15) is 6.92 Å². The summed E-state index contributed by atoms with van der Waals surface area (Å²) in [7, 11) is 1.22. The van der Waals surface area contributed by atoms with Crippen LogP contribution in [0.15, 0.2) is 5.16 Å². The zero-order valence-corrected chi connectivity index (χ0v) is 8.25. The maximum atomic E-state index is 10.7. The Labute approximate surface area is 77.8 Å². The molecule has 0 radical (unpaired) electrons. The number of rotatable bonds is 3. The molecule has 0 N–H and O–H groups in total. The lowest BCUT2D eigenvalue weighted by Crippen LogP contribution is -2.13. The summed E-state index contributed by atoms with van der Waals surface area (Å²) in [4.78, 5) is 25.4. The number of oxime groups is 1. The van der Waals surface area contributed by atoms with Gasteiger partial charge in [0.2, 0.25) is 0 Å². The highest BCUT2D eigenvalue weighted by Gasteiger charge is 2.06. The maximum Gasteiger partial charge on any atom is 0.355 e. The maximum absolute atomic E-state index is 10.7. The smallest absolute Gasteiger partial charge is 0.355 e. The van der Waals surface area contributed by atoms with E-state index in [4.69, 9.17) is 0 Å². The van der Waals surface area contributed by atoms with Crippen molar-refractivity contribution in [2.75, 3.05) is 12.4 Å². The van der Waals surface area contributed by atoms with E-state index in [-0.39, 0.29) is 11.0 Å². The Kier molecular flexibility index (Phi) is 5.27. The van der Waals surface area contributed by atoms with Gasteiger partial charge >= 0.3 is 11.9 Å². The molecule has 12 heavy (non-hydrogen) atoms. The first-order valence-corrected chi connectivity index (χ1v) is 4.12. The largest absolute Gasteiger partial charge is 0.464 e. The normalized spacial score (nSPS) is 10.8. The second-order valence-corrected chi connectivity index (χ2v) is 2.33. The van der Waals surface area contributed by atoms with Crippen LogP contribution in [0.25, 0.3) is 0 Å². The number of carbonyl (C=O) groups excluding carboxylic acids is 2. The molecule has 0 atom stereocenters. The molecular weight excluding hydrogens is 230 g/mol. The molecule has 0 unspecified atom stereocenters.